The van der Waals surface area contributed by atoms with Gasteiger partial charge < -0.3 is 25.4 Å². The van der Waals surface area contributed by atoms with Gasteiger partial charge in [0.25, 0.3) is 5.91 Å². The van der Waals surface area contributed by atoms with E-state index >= 15 is 0 Å². The number of hydrogen-bond acceptors (Lipinski definition) is 4. The van der Waals surface area contributed by atoms with Crippen molar-refractivity contribution in [1.29, 1.82) is 0 Å². The van der Waals surface area contributed by atoms with Gasteiger partial charge in [-0.2, -0.15) is 0 Å². The molecule has 0 aromatic heterocycles. The number of aliphatic imine (C=N–C) groups is 1. The fourth-order valence-corrected chi connectivity index (χ4v) is 2.99. The second-order valence-electron chi connectivity index (χ2n) is 6.99. The highest BCUT2D eigenvalue weighted by molar-refractivity contribution is 5.94. The largest absolute Gasteiger partial charge is 0.493 e. The molecule has 7 heteroatoms. The number of nitrogens with one attached hydrogen (secondary N) is 3. The summed E-state index contributed by atoms with van der Waals surface area (Å²) in [5.41, 5.74) is 2.80. The third-order valence-corrected chi connectivity index (χ3v) is 4.58. The summed E-state index contributed by atoms with van der Waals surface area (Å²) >= 11 is 0. The van der Waals surface area contributed by atoms with Gasteiger partial charge in [-0.1, -0.05) is 25.1 Å². The predicted molar refractivity (Wildman–Crippen MR) is 125 cm³/mol. The summed E-state index contributed by atoms with van der Waals surface area (Å²) in [5.74, 6) is 2.14. The smallest absolute Gasteiger partial charge is 0.251 e. The number of carbonyl (C=O) groups is 1. The van der Waals surface area contributed by atoms with Crippen molar-refractivity contribution in [2.75, 3.05) is 33.9 Å². The summed E-state index contributed by atoms with van der Waals surface area (Å²) < 4.78 is 11.2. The lowest BCUT2D eigenvalue weighted by Crippen LogP contribution is -2.38. The molecule has 7 nitrogen and oxygen atoms in total. The van der Waals surface area contributed by atoms with Crippen LogP contribution in [-0.4, -0.2) is 45.7 Å². The molecular weight excluding hydrogens is 392 g/mol. The van der Waals surface area contributed by atoms with Crippen LogP contribution < -0.4 is 25.4 Å². The van der Waals surface area contributed by atoms with Crippen LogP contribution in [0.15, 0.2) is 47.5 Å². The zero-order valence-corrected chi connectivity index (χ0v) is 19.0. The van der Waals surface area contributed by atoms with E-state index in [1.54, 1.807) is 14.2 Å². The highest BCUT2D eigenvalue weighted by Gasteiger charge is 2.07. The molecule has 0 saturated heterocycles. The lowest BCUT2D eigenvalue weighted by Gasteiger charge is -2.13. The van der Waals surface area contributed by atoms with Gasteiger partial charge >= 0.3 is 0 Å². The number of nitrogens with zero attached hydrogens (tertiary/aromatic N) is 1. The van der Waals surface area contributed by atoms with Crippen LogP contribution in [0.3, 0.4) is 0 Å². The Balaban J connectivity index is 1.97. The Bertz CT molecular complexity index is 868. The van der Waals surface area contributed by atoms with Crippen molar-refractivity contribution in [1.82, 2.24) is 16.0 Å². The van der Waals surface area contributed by atoms with Crippen molar-refractivity contribution in [3.8, 4) is 11.5 Å². The van der Waals surface area contributed by atoms with Crippen LogP contribution in [0.1, 0.15) is 41.8 Å². The Morgan fingerprint density at radius 1 is 1.03 bits per heavy atom. The predicted octanol–water partition coefficient (Wildman–Crippen LogP) is 3.14. The molecule has 0 aliphatic heterocycles. The molecule has 1 amide bonds. The molecule has 0 heterocycles. The summed E-state index contributed by atoms with van der Waals surface area (Å²) in [6.45, 7) is 6.76. The van der Waals surface area contributed by atoms with Gasteiger partial charge in [-0.15, -0.1) is 0 Å². The molecule has 0 unspecified atom stereocenters. The number of benzene rings is 2. The normalized spacial score (nSPS) is 11.0. The van der Waals surface area contributed by atoms with Gasteiger partial charge in [-0.05, 0) is 55.2 Å². The molecule has 0 saturated carbocycles. The number of hydrogen-bond donors (Lipinski definition) is 3. The van der Waals surface area contributed by atoms with Crippen LogP contribution in [0.25, 0.3) is 0 Å². The second kappa shape index (κ2) is 13.2. The molecule has 0 spiro atoms. The van der Waals surface area contributed by atoms with Crippen molar-refractivity contribution in [2.45, 2.75) is 33.2 Å². The summed E-state index contributed by atoms with van der Waals surface area (Å²) in [4.78, 5) is 16.5. The minimum Gasteiger partial charge on any atom is -0.493 e. The first-order valence-corrected chi connectivity index (χ1v) is 10.7. The van der Waals surface area contributed by atoms with Gasteiger partial charge in [0.05, 0.1) is 20.3 Å². The fourth-order valence-electron chi connectivity index (χ4n) is 2.99. The molecule has 0 bridgehead atoms. The zero-order valence-electron chi connectivity index (χ0n) is 19.0. The lowest BCUT2D eigenvalue weighted by atomic mass is 10.1. The number of amides is 1. The number of carbonyl (C=O) groups excluding carboxylic acids is 1. The van der Waals surface area contributed by atoms with Crippen molar-refractivity contribution in [2.24, 2.45) is 4.99 Å². The first kappa shape index (κ1) is 24.1. The highest BCUT2D eigenvalue weighted by atomic mass is 16.5. The number of rotatable bonds is 11. The Morgan fingerprint density at radius 3 is 2.58 bits per heavy atom. The van der Waals surface area contributed by atoms with Crippen molar-refractivity contribution < 1.29 is 14.3 Å². The molecule has 3 N–H and O–H groups in total. The molecule has 0 aliphatic carbocycles. The third kappa shape index (κ3) is 7.85. The van der Waals surface area contributed by atoms with Crippen molar-refractivity contribution in [3.05, 3.63) is 59.2 Å². The first-order valence-electron chi connectivity index (χ1n) is 10.7. The topological polar surface area (TPSA) is 84.0 Å². The molecule has 2 aromatic rings. The maximum absolute atomic E-state index is 11.8. The Kier molecular flexibility index (Phi) is 10.2. The molecule has 2 rings (SSSR count). The summed E-state index contributed by atoms with van der Waals surface area (Å²) in [5, 5.41) is 9.27. The average Bonchev–Trinajstić information content (AvgIpc) is 2.81. The Hall–Kier alpha value is -3.22. The molecule has 0 radical (unpaired) electrons. The first-order chi connectivity index (χ1) is 15.1. The van der Waals surface area contributed by atoms with Crippen LogP contribution in [0.2, 0.25) is 0 Å². The lowest BCUT2D eigenvalue weighted by molar-refractivity contribution is 0.0963. The maximum atomic E-state index is 11.8. The molecule has 2 aromatic carbocycles. The quantitative estimate of drug-likeness (QED) is 0.380. The van der Waals surface area contributed by atoms with Crippen molar-refractivity contribution in [3.63, 3.8) is 0 Å². The van der Waals surface area contributed by atoms with Crippen LogP contribution in [0.4, 0.5) is 0 Å². The minimum atomic E-state index is -0.0775. The van der Waals surface area contributed by atoms with E-state index in [0.717, 1.165) is 48.0 Å². The van der Waals surface area contributed by atoms with Gasteiger partial charge in [0, 0.05) is 25.7 Å². The van der Waals surface area contributed by atoms with Crippen LogP contribution in [-0.2, 0) is 13.0 Å². The standard InChI is InChI=1S/C24H34N4O3/c1-5-14-31-21-11-10-19(16-22(21)30-4)17-28-24(26-6-2)27-13-12-18-8-7-9-20(15-18)23(29)25-3/h7-11,15-16H,5-6,12-14,17H2,1-4H3,(H,25,29)(H2,26,27,28). The van der Waals surface area contributed by atoms with Gasteiger partial charge in [0.1, 0.15) is 0 Å². The molecular formula is C24H34N4O3. The maximum Gasteiger partial charge on any atom is 0.251 e. The van der Waals surface area contributed by atoms with Gasteiger partial charge in [0.15, 0.2) is 17.5 Å². The Morgan fingerprint density at radius 2 is 1.87 bits per heavy atom. The fraction of sp³-hybridized carbons (Fsp3) is 0.417. The molecule has 0 fully saturated rings. The third-order valence-electron chi connectivity index (χ3n) is 4.58. The van der Waals surface area contributed by atoms with Crippen molar-refractivity contribution >= 4 is 11.9 Å². The van der Waals surface area contributed by atoms with E-state index in [-0.39, 0.29) is 5.91 Å². The Labute approximate surface area is 185 Å². The van der Waals surface area contributed by atoms with Crippen LogP contribution >= 0.6 is 0 Å². The molecule has 0 aliphatic rings. The van der Waals surface area contributed by atoms with Gasteiger partial charge in [-0.25, -0.2) is 4.99 Å². The van der Waals surface area contributed by atoms with E-state index in [2.05, 4.69) is 27.9 Å². The summed E-state index contributed by atoms with van der Waals surface area (Å²) in [6, 6.07) is 13.5. The summed E-state index contributed by atoms with van der Waals surface area (Å²) in [6.07, 6.45) is 1.73. The monoisotopic (exact) mass is 426 g/mol. The van der Waals surface area contributed by atoms with Gasteiger partial charge in [0.2, 0.25) is 0 Å². The van der Waals surface area contributed by atoms with E-state index in [1.807, 2.05) is 49.4 Å². The second-order valence-corrected chi connectivity index (χ2v) is 6.99. The van der Waals surface area contributed by atoms with E-state index in [9.17, 15) is 4.79 Å². The van der Waals surface area contributed by atoms with E-state index in [4.69, 9.17) is 9.47 Å². The van der Waals surface area contributed by atoms with E-state index in [1.165, 1.54) is 0 Å². The van der Waals surface area contributed by atoms with E-state index in [0.29, 0.717) is 25.3 Å². The highest BCUT2D eigenvalue weighted by Crippen LogP contribution is 2.28. The SMILES string of the molecule is CCCOc1ccc(CN=C(NCC)NCCc2cccc(C(=O)NC)c2)cc1OC. The average molecular weight is 427 g/mol. The number of methoxy groups -OCH3 is 1. The zero-order chi connectivity index (χ0) is 22.5. The molecule has 0 atom stereocenters. The molecule has 31 heavy (non-hydrogen) atoms. The molecule has 168 valence electrons. The van der Waals surface area contributed by atoms with Crippen LogP contribution in [0, 0.1) is 0 Å². The summed E-state index contributed by atoms with van der Waals surface area (Å²) in [7, 11) is 3.28. The number of guanidine groups is 1. The van der Waals surface area contributed by atoms with E-state index < -0.39 is 0 Å². The van der Waals surface area contributed by atoms with Gasteiger partial charge in [-0.3, -0.25) is 4.79 Å². The minimum absolute atomic E-state index is 0.0775. The number of ether oxygens (including phenoxy) is 2. The van der Waals surface area contributed by atoms with Crippen LogP contribution in [0.5, 0.6) is 11.5 Å².